The Kier molecular flexibility index (Phi) is 27.9. The number of nitrogens with two attached hydrogens (primary N) is 2. The third kappa shape index (κ3) is 28.3. The van der Waals surface area contributed by atoms with E-state index in [0.29, 0.717) is 19.4 Å². The average Bonchev–Trinajstić information content (AvgIpc) is 2.81. The molecule has 0 bridgehead atoms. The first-order chi connectivity index (χ1) is 16.4. The van der Waals surface area contributed by atoms with E-state index in [9.17, 15) is 14.4 Å². The molecule has 0 spiro atoms. The van der Waals surface area contributed by atoms with Gasteiger partial charge in [0.05, 0.1) is 0 Å². The molecule has 1 unspecified atom stereocenters. The van der Waals surface area contributed by atoms with Gasteiger partial charge in [-0.25, -0.2) is 0 Å². The topological polar surface area (TPSA) is 133 Å². The highest BCUT2D eigenvalue weighted by Gasteiger charge is 2.09. The van der Waals surface area contributed by atoms with Gasteiger partial charge in [-0.1, -0.05) is 83.8 Å². The summed E-state index contributed by atoms with van der Waals surface area (Å²) in [6.45, 7) is 4.55. The van der Waals surface area contributed by atoms with Crippen LogP contribution in [0, 0.1) is 0 Å². The molecule has 1 atom stereocenters. The molecular formula is C27H52N2O5. The Morgan fingerprint density at radius 2 is 1.29 bits per heavy atom. The standard InChI is InChI=1S/C21H38O3.C6H14N2O2/c1-3-5-6-7-8-9-10-11-12-13-14-15-16-17-18-19-21(23)24-20(22)4-2;7-4-2-1-3-5(8)6(9)10/h11-12H,3-10,13-19H2,1-2H3;5H,1-4,7-8H2,(H,9,10)/b12-11-;. The Bertz CT molecular complexity index is 523. The highest BCUT2D eigenvalue weighted by atomic mass is 16.6. The van der Waals surface area contributed by atoms with Crippen molar-refractivity contribution in [3.63, 3.8) is 0 Å². The molecule has 200 valence electrons. The molecule has 0 radical (unpaired) electrons. The molecule has 0 aromatic heterocycles. The molecule has 0 aliphatic carbocycles. The molecule has 0 amide bonds. The number of hydrogen-bond donors (Lipinski definition) is 3. The predicted octanol–water partition coefficient (Wildman–Crippen LogP) is 6.03. The second-order valence-electron chi connectivity index (χ2n) is 8.76. The van der Waals surface area contributed by atoms with Crippen molar-refractivity contribution in [2.45, 2.75) is 135 Å². The largest absolute Gasteiger partial charge is 0.480 e. The van der Waals surface area contributed by atoms with Crippen molar-refractivity contribution >= 4 is 17.9 Å². The van der Waals surface area contributed by atoms with Crippen molar-refractivity contribution in [2.24, 2.45) is 11.5 Å². The second kappa shape index (κ2) is 27.5. The summed E-state index contributed by atoms with van der Waals surface area (Å²) in [5, 5.41) is 8.33. The summed E-state index contributed by atoms with van der Waals surface area (Å²) in [7, 11) is 0. The van der Waals surface area contributed by atoms with Crippen LogP contribution < -0.4 is 11.5 Å². The van der Waals surface area contributed by atoms with E-state index in [1.54, 1.807) is 6.92 Å². The number of carboxylic acids is 1. The van der Waals surface area contributed by atoms with Gasteiger partial charge in [0.1, 0.15) is 6.04 Å². The summed E-state index contributed by atoms with van der Waals surface area (Å²) in [6.07, 6.45) is 23.5. The molecule has 34 heavy (non-hydrogen) atoms. The van der Waals surface area contributed by atoms with Crippen LogP contribution in [-0.2, 0) is 19.1 Å². The van der Waals surface area contributed by atoms with Gasteiger partial charge in [0.15, 0.2) is 0 Å². The Hall–Kier alpha value is -1.73. The first-order valence-corrected chi connectivity index (χ1v) is 13.5. The van der Waals surface area contributed by atoms with E-state index in [-0.39, 0.29) is 12.4 Å². The number of allylic oxidation sites excluding steroid dienone is 2. The van der Waals surface area contributed by atoms with Crippen molar-refractivity contribution in [3.8, 4) is 0 Å². The van der Waals surface area contributed by atoms with Crippen molar-refractivity contribution in [2.75, 3.05) is 6.54 Å². The van der Waals surface area contributed by atoms with Gasteiger partial charge < -0.3 is 21.3 Å². The molecule has 0 heterocycles. The lowest BCUT2D eigenvalue weighted by Gasteiger charge is -2.03. The number of aliphatic carboxylic acids is 1. The van der Waals surface area contributed by atoms with Gasteiger partial charge in [0.2, 0.25) is 0 Å². The number of carbonyl (C=O) groups is 3. The molecular weight excluding hydrogens is 432 g/mol. The normalized spacial score (nSPS) is 11.6. The minimum Gasteiger partial charge on any atom is -0.480 e. The second-order valence-corrected chi connectivity index (χ2v) is 8.76. The molecule has 7 heteroatoms. The van der Waals surface area contributed by atoms with Gasteiger partial charge >= 0.3 is 17.9 Å². The van der Waals surface area contributed by atoms with Crippen LogP contribution in [0.1, 0.15) is 129 Å². The summed E-state index contributed by atoms with van der Waals surface area (Å²) in [4.78, 5) is 32.4. The van der Waals surface area contributed by atoms with Crippen molar-refractivity contribution in [1.29, 1.82) is 0 Å². The number of ether oxygens (including phenoxy) is 1. The summed E-state index contributed by atoms with van der Waals surface area (Å²) >= 11 is 0. The van der Waals surface area contributed by atoms with Crippen LogP contribution in [0.4, 0.5) is 0 Å². The fraction of sp³-hybridized carbons (Fsp3) is 0.815. The summed E-state index contributed by atoms with van der Waals surface area (Å²) in [6, 6.07) is -0.716. The molecule has 5 N–H and O–H groups in total. The Morgan fingerprint density at radius 1 is 0.765 bits per heavy atom. The van der Waals surface area contributed by atoms with Gasteiger partial charge in [0.25, 0.3) is 0 Å². The maximum atomic E-state index is 11.3. The third-order valence-electron chi connectivity index (χ3n) is 5.45. The Labute approximate surface area is 208 Å². The van der Waals surface area contributed by atoms with Crippen LogP contribution in [-0.4, -0.2) is 35.6 Å². The third-order valence-corrected chi connectivity index (χ3v) is 5.45. The number of esters is 2. The zero-order valence-electron chi connectivity index (χ0n) is 21.9. The molecule has 0 rings (SSSR count). The highest BCUT2D eigenvalue weighted by molar-refractivity contribution is 5.85. The maximum absolute atomic E-state index is 11.3. The summed E-state index contributed by atoms with van der Waals surface area (Å²) in [5.41, 5.74) is 10.4. The lowest BCUT2D eigenvalue weighted by Crippen LogP contribution is -2.29. The number of unbranched alkanes of at least 4 members (excludes halogenated alkanes) is 12. The fourth-order valence-electron chi connectivity index (χ4n) is 3.22. The van der Waals surface area contributed by atoms with Gasteiger partial charge in [0, 0.05) is 12.8 Å². The molecule has 7 nitrogen and oxygen atoms in total. The number of rotatable bonds is 21. The summed E-state index contributed by atoms with van der Waals surface area (Å²) in [5.74, 6) is -1.73. The van der Waals surface area contributed by atoms with E-state index >= 15 is 0 Å². The van der Waals surface area contributed by atoms with Crippen LogP contribution >= 0.6 is 0 Å². The van der Waals surface area contributed by atoms with E-state index < -0.39 is 18.0 Å². The van der Waals surface area contributed by atoms with E-state index in [4.69, 9.17) is 16.6 Å². The molecule has 0 aromatic carbocycles. The zero-order chi connectivity index (χ0) is 25.9. The lowest BCUT2D eigenvalue weighted by molar-refractivity contribution is -0.159. The number of carbonyl (C=O) groups excluding carboxylic acids is 2. The molecule has 0 aromatic rings. The minimum absolute atomic E-state index is 0.262. The molecule has 0 saturated heterocycles. The number of carboxylic acid groups (broad SMARTS) is 1. The van der Waals surface area contributed by atoms with E-state index in [2.05, 4.69) is 23.8 Å². The smallest absolute Gasteiger partial charge is 0.320 e. The van der Waals surface area contributed by atoms with Crippen molar-refractivity contribution in [1.82, 2.24) is 0 Å². The SMILES string of the molecule is CCCCCCCC/C=C\CCCCCCCC(=O)OC(=O)CC.NCCCCC(N)C(=O)O. The van der Waals surface area contributed by atoms with Crippen LogP contribution in [0.2, 0.25) is 0 Å². The Balaban J connectivity index is 0. The van der Waals surface area contributed by atoms with Gasteiger partial charge in [-0.15, -0.1) is 0 Å². The quantitative estimate of drug-likeness (QED) is 0.0783. The van der Waals surface area contributed by atoms with Crippen LogP contribution in [0.5, 0.6) is 0 Å². The Morgan fingerprint density at radius 3 is 1.79 bits per heavy atom. The molecule has 0 saturated carbocycles. The highest BCUT2D eigenvalue weighted by Crippen LogP contribution is 2.10. The first kappa shape index (κ1) is 34.4. The average molecular weight is 485 g/mol. The minimum atomic E-state index is -0.933. The van der Waals surface area contributed by atoms with Gasteiger partial charge in [-0.05, 0) is 51.5 Å². The van der Waals surface area contributed by atoms with Gasteiger partial charge in [-0.3, -0.25) is 14.4 Å². The van der Waals surface area contributed by atoms with Crippen molar-refractivity contribution in [3.05, 3.63) is 12.2 Å². The monoisotopic (exact) mass is 484 g/mol. The molecule has 0 aliphatic rings. The van der Waals surface area contributed by atoms with Crippen LogP contribution in [0.25, 0.3) is 0 Å². The molecule has 0 fully saturated rings. The van der Waals surface area contributed by atoms with Crippen molar-refractivity contribution < 1.29 is 24.2 Å². The summed E-state index contributed by atoms with van der Waals surface area (Å²) < 4.78 is 4.63. The van der Waals surface area contributed by atoms with Crippen LogP contribution in [0.3, 0.4) is 0 Å². The first-order valence-electron chi connectivity index (χ1n) is 13.5. The van der Waals surface area contributed by atoms with E-state index in [1.807, 2.05) is 0 Å². The van der Waals surface area contributed by atoms with Crippen LogP contribution in [0.15, 0.2) is 12.2 Å². The van der Waals surface area contributed by atoms with Gasteiger partial charge in [-0.2, -0.15) is 0 Å². The maximum Gasteiger partial charge on any atom is 0.320 e. The van der Waals surface area contributed by atoms with E-state index in [1.165, 1.54) is 64.2 Å². The number of hydrogen-bond acceptors (Lipinski definition) is 6. The zero-order valence-corrected chi connectivity index (χ0v) is 21.9. The fourth-order valence-corrected chi connectivity index (χ4v) is 3.22. The lowest BCUT2D eigenvalue weighted by atomic mass is 10.1. The molecule has 0 aliphatic heterocycles. The van der Waals surface area contributed by atoms with E-state index in [0.717, 1.165) is 32.1 Å². The predicted molar refractivity (Wildman–Crippen MR) is 139 cm³/mol.